The van der Waals surface area contributed by atoms with Crippen LogP contribution in [-0.4, -0.2) is 79.9 Å². The molecule has 0 amide bonds. The fourth-order valence-corrected chi connectivity index (χ4v) is 7.03. The van der Waals surface area contributed by atoms with Gasteiger partial charge in [-0.2, -0.15) is 4.98 Å². The van der Waals surface area contributed by atoms with Crippen LogP contribution in [-0.2, 0) is 4.74 Å². The topological polar surface area (TPSA) is 133 Å². The zero-order chi connectivity index (χ0) is 30.1. The minimum atomic E-state index is -0.496. The van der Waals surface area contributed by atoms with Crippen LogP contribution in [0.1, 0.15) is 5.56 Å². The van der Waals surface area contributed by atoms with Crippen molar-refractivity contribution in [1.82, 2.24) is 25.3 Å². The Morgan fingerprint density at radius 3 is 2.58 bits per heavy atom. The second-order valence-corrected chi connectivity index (χ2v) is 14.0. The van der Waals surface area contributed by atoms with E-state index in [-0.39, 0.29) is 5.41 Å². The Bertz CT molecular complexity index is 1720. The molecule has 2 fully saturated rings. The van der Waals surface area contributed by atoms with Crippen molar-refractivity contribution in [2.24, 2.45) is 5.41 Å². The van der Waals surface area contributed by atoms with E-state index in [1.165, 1.54) is 6.21 Å². The predicted molar refractivity (Wildman–Crippen MR) is 179 cm³/mol. The van der Waals surface area contributed by atoms with Crippen LogP contribution in [0.5, 0.6) is 5.75 Å². The molecule has 4 heterocycles. The highest BCUT2D eigenvalue weighted by atomic mass is 79.9. The first-order valence-electron chi connectivity index (χ1n) is 13.8. The van der Waals surface area contributed by atoms with E-state index in [0.717, 1.165) is 69.6 Å². The van der Waals surface area contributed by atoms with Gasteiger partial charge in [-0.15, -0.1) is 0 Å². The van der Waals surface area contributed by atoms with Gasteiger partial charge in [-0.1, -0.05) is 7.92 Å². The average Bonchev–Trinajstić information content (AvgIpc) is 2.96. The third-order valence-electron chi connectivity index (χ3n) is 7.60. The highest BCUT2D eigenvalue weighted by Crippen LogP contribution is 2.45. The monoisotopic (exact) mass is 661 g/mol. The van der Waals surface area contributed by atoms with E-state index in [1.807, 2.05) is 37.5 Å². The highest BCUT2D eigenvalue weighted by molar-refractivity contribution is 9.10. The number of fused-ring (bicyclic) bond motifs is 1. The summed E-state index contributed by atoms with van der Waals surface area (Å²) in [6.07, 6.45) is 8.32. The number of hydrogen-bond donors (Lipinski definition) is 4. The van der Waals surface area contributed by atoms with Gasteiger partial charge in [-0.05, 0) is 47.5 Å². The number of nitrogens with one attached hydrogen (secondary N) is 4. The van der Waals surface area contributed by atoms with Crippen molar-refractivity contribution in [2.75, 3.05) is 69.3 Å². The van der Waals surface area contributed by atoms with E-state index in [9.17, 15) is 0 Å². The molecule has 0 aliphatic carbocycles. The van der Waals surface area contributed by atoms with Crippen LogP contribution in [0.15, 0.2) is 53.5 Å². The van der Waals surface area contributed by atoms with E-state index >= 15 is 0 Å². The van der Waals surface area contributed by atoms with Crippen molar-refractivity contribution in [3.8, 4) is 5.75 Å². The Morgan fingerprint density at radius 2 is 1.91 bits per heavy atom. The van der Waals surface area contributed by atoms with Crippen LogP contribution in [0.25, 0.3) is 16.6 Å². The predicted octanol–water partition coefficient (Wildman–Crippen LogP) is 5.09. The van der Waals surface area contributed by atoms with Crippen LogP contribution in [0.2, 0.25) is 0 Å². The highest BCUT2D eigenvalue weighted by Gasteiger charge is 2.49. The van der Waals surface area contributed by atoms with E-state index in [2.05, 4.69) is 65.1 Å². The molecule has 0 unspecified atom stereocenters. The molecule has 0 saturated carbocycles. The minimum absolute atomic E-state index is 0.238. The number of halogens is 1. The fraction of sp³-hybridized carbons (Fsp3) is 0.300. The summed E-state index contributed by atoms with van der Waals surface area (Å²) < 4.78 is 12.0. The summed E-state index contributed by atoms with van der Waals surface area (Å²) in [5, 5.41) is 19.2. The van der Waals surface area contributed by atoms with Gasteiger partial charge < -0.3 is 35.7 Å². The number of ether oxygens (including phenoxy) is 2. The standard InChI is InChI=1S/C30H33BrN9O2P/c1-33-12-18(11-32)19-9-23(25(41-2)10-24(19)40-14-30(15-40)16-42-17-30)38-29-36-13-20(31)28(39-29)37-22-6-5-21-26(27(22)43(3)4)35-8-7-34-21/h5-13,32-33H,14-17H2,1-4H3,(H2,36,37,38,39)/b18-12+,32-11?. The molecule has 43 heavy (non-hydrogen) atoms. The summed E-state index contributed by atoms with van der Waals surface area (Å²) in [6, 6.07) is 7.99. The zero-order valence-electron chi connectivity index (χ0n) is 24.4. The van der Waals surface area contributed by atoms with Crippen LogP contribution < -0.4 is 30.9 Å². The molecule has 13 heteroatoms. The van der Waals surface area contributed by atoms with Gasteiger partial charge in [0.05, 0.1) is 46.9 Å². The summed E-state index contributed by atoms with van der Waals surface area (Å²) in [6.45, 7) is 7.80. The van der Waals surface area contributed by atoms with Crippen molar-refractivity contribution in [1.29, 1.82) is 5.41 Å². The van der Waals surface area contributed by atoms with Gasteiger partial charge in [0, 0.05) is 85.0 Å². The molecule has 0 atom stereocenters. The number of hydrogen-bond acceptors (Lipinski definition) is 11. The first-order valence-corrected chi connectivity index (χ1v) is 16.8. The normalized spacial score (nSPS) is 15.7. The number of methoxy groups -OCH3 is 1. The van der Waals surface area contributed by atoms with Crippen molar-refractivity contribution >= 4 is 80.8 Å². The second-order valence-electron chi connectivity index (χ2n) is 10.9. The Hall–Kier alpha value is -3.86. The molecular formula is C30H33BrN9O2P. The first-order chi connectivity index (χ1) is 20.8. The summed E-state index contributed by atoms with van der Waals surface area (Å²) in [4.78, 5) is 20.8. The molecule has 2 aliphatic rings. The third-order valence-corrected chi connectivity index (χ3v) is 9.53. The Kier molecular flexibility index (Phi) is 8.17. The molecule has 4 aromatic rings. The van der Waals surface area contributed by atoms with E-state index in [1.54, 1.807) is 25.7 Å². The van der Waals surface area contributed by atoms with Crippen LogP contribution >= 0.6 is 23.9 Å². The fourth-order valence-electron chi connectivity index (χ4n) is 5.53. The number of anilines is 5. The lowest BCUT2D eigenvalue weighted by atomic mass is 9.77. The largest absolute Gasteiger partial charge is 0.494 e. The van der Waals surface area contributed by atoms with Gasteiger partial charge in [0.2, 0.25) is 5.95 Å². The maximum absolute atomic E-state index is 8.12. The molecule has 6 rings (SSSR count). The number of aromatic nitrogens is 4. The van der Waals surface area contributed by atoms with Gasteiger partial charge in [0.25, 0.3) is 0 Å². The summed E-state index contributed by atoms with van der Waals surface area (Å²) in [5.74, 6) is 1.65. The van der Waals surface area contributed by atoms with Gasteiger partial charge in [0.15, 0.2) is 0 Å². The maximum Gasteiger partial charge on any atom is 0.229 e. The molecule has 2 aliphatic heterocycles. The SMILES string of the molecule is CN/C=C(\C=N)c1cc(Nc2ncc(Br)c(Nc3ccc4nccnc4c3P(C)C)n2)c(OC)cc1N1CC2(COC2)C1. The van der Waals surface area contributed by atoms with Gasteiger partial charge in [-0.3, -0.25) is 9.97 Å². The molecule has 222 valence electrons. The molecule has 2 aromatic carbocycles. The molecule has 4 N–H and O–H groups in total. The first kappa shape index (κ1) is 29.2. The van der Waals surface area contributed by atoms with Gasteiger partial charge in [0.1, 0.15) is 11.6 Å². The van der Waals surface area contributed by atoms with Gasteiger partial charge >= 0.3 is 0 Å². The van der Waals surface area contributed by atoms with E-state index < -0.39 is 7.92 Å². The lowest BCUT2D eigenvalue weighted by molar-refractivity contribution is -0.127. The van der Waals surface area contributed by atoms with Crippen LogP contribution in [0, 0.1) is 10.8 Å². The quantitative estimate of drug-likeness (QED) is 0.135. The molecule has 1 spiro atoms. The van der Waals surface area contributed by atoms with Crippen LogP contribution in [0.4, 0.5) is 28.8 Å². The summed E-state index contributed by atoms with van der Waals surface area (Å²) in [5.41, 5.74) is 6.26. The molecule has 0 radical (unpaired) electrons. The number of nitrogens with zero attached hydrogens (tertiary/aromatic N) is 5. The Labute approximate surface area is 259 Å². The average molecular weight is 663 g/mol. The van der Waals surface area contributed by atoms with Crippen LogP contribution in [0.3, 0.4) is 0 Å². The lowest BCUT2D eigenvalue weighted by Crippen LogP contribution is -2.66. The summed E-state index contributed by atoms with van der Waals surface area (Å²) in [7, 11) is 2.98. The Balaban J connectivity index is 1.34. The summed E-state index contributed by atoms with van der Waals surface area (Å²) >= 11 is 3.61. The van der Waals surface area contributed by atoms with E-state index in [0.29, 0.717) is 23.2 Å². The number of allylic oxidation sites excluding steroid dienone is 1. The molecule has 2 saturated heterocycles. The molecule has 0 bridgehead atoms. The van der Waals surface area contributed by atoms with Crippen molar-refractivity contribution in [2.45, 2.75) is 0 Å². The minimum Gasteiger partial charge on any atom is -0.494 e. The van der Waals surface area contributed by atoms with Crippen molar-refractivity contribution in [3.63, 3.8) is 0 Å². The van der Waals surface area contributed by atoms with Crippen molar-refractivity contribution < 1.29 is 9.47 Å². The Morgan fingerprint density at radius 1 is 1.12 bits per heavy atom. The second kappa shape index (κ2) is 12.0. The van der Waals surface area contributed by atoms with Crippen molar-refractivity contribution in [3.05, 3.63) is 59.1 Å². The molecule has 2 aromatic heterocycles. The lowest BCUT2D eigenvalue weighted by Gasteiger charge is -2.56. The van der Waals surface area contributed by atoms with Gasteiger partial charge in [-0.25, -0.2) is 4.98 Å². The molecule has 11 nitrogen and oxygen atoms in total. The number of rotatable bonds is 10. The smallest absolute Gasteiger partial charge is 0.229 e. The number of benzene rings is 2. The van der Waals surface area contributed by atoms with E-state index in [4.69, 9.17) is 19.9 Å². The molecular weight excluding hydrogens is 629 g/mol. The third kappa shape index (κ3) is 5.62. The zero-order valence-corrected chi connectivity index (χ0v) is 26.9. The maximum atomic E-state index is 8.12.